The highest BCUT2D eigenvalue weighted by atomic mass is 35.5. The molecule has 0 atom stereocenters. The fraction of sp³-hybridized carbons (Fsp3) is 0.300. The number of amides is 2. The van der Waals surface area contributed by atoms with E-state index < -0.39 is 0 Å². The smallest absolute Gasteiger partial charge is 0.226 e. The molecule has 0 aliphatic heterocycles. The summed E-state index contributed by atoms with van der Waals surface area (Å²) in [5, 5.41) is 3.27. The number of ether oxygens (including phenoxy) is 2. The van der Waals surface area contributed by atoms with E-state index in [2.05, 4.69) is 5.32 Å². The third-order valence-corrected chi connectivity index (χ3v) is 4.26. The van der Waals surface area contributed by atoms with Gasteiger partial charge in [-0.05, 0) is 35.9 Å². The number of methoxy groups -OCH3 is 2. The number of nitrogens with one attached hydrogen (secondary N) is 1. The molecule has 0 aliphatic rings. The van der Waals surface area contributed by atoms with Gasteiger partial charge >= 0.3 is 0 Å². The molecular formula is C20H23ClN2O4. The third-order valence-electron chi connectivity index (χ3n) is 4.02. The average molecular weight is 391 g/mol. The van der Waals surface area contributed by atoms with Gasteiger partial charge in [-0.25, -0.2) is 0 Å². The van der Waals surface area contributed by atoms with E-state index in [0.717, 1.165) is 11.3 Å². The van der Waals surface area contributed by atoms with Gasteiger partial charge in [0.15, 0.2) is 0 Å². The minimum Gasteiger partial charge on any atom is -0.497 e. The van der Waals surface area contributed by atoms with E-state index in [0.29, 0.717) is 29.5 Å². The van der Waals surface area contributed by atoms with Crippen molar-refractivity contribution in [1.29, 1.82) is 0 Å². The van der Waals surface area contributed by atoms with Crippen LogP contribution in [-0.2, 0) is 16.1 Å². The molecule has 144 valence electrons. The average Bonchev–Trinajstić information content (AvgIpc) is 2.65. The van der Waals surface area contributed by atoms with Crippen molar-refractivity contribution in [1.82, 2.24) is 4.90 Å². The van der Waals surface area contributed by atoms with Crippen molar-refractivity contribution in [3.63, 3.8) is 0 Å². The van der Waals surface area contributed by atoms with E-state index in [1.165, 1.54) is 14.0 Å². The van der Waals surface area contributed by atoms with Gasteiger partial charge in [-0.15, -0.1) is 0 Å². The molecule has 0 unspecified atom stereocenters. The molecule has 0 saturated heterocycles. The second kappa shape index (κ2) is 9.83. The van der Waals surface area contributed by atoms with Crippen LogP contribution in [0.2, 0.25) is 5.02 Å². The number of hydrogen-bond acceptors (Lipinski definition) is 4. The monoisotopic (exact) mass is 390 g/mol. The molecule has 0 saturated carbocycles. The molecular weight excluding hydrogens is 368 g/mol. The Morgan fingerprint density at radius 1 is 1.07 bits per heavy atom. The SMILES string of the molecule is COc1ccc(CN(CCC(=O)Nc2cc(Cl)ccc2OC)C(C)=O)cc1. The summed E-state index contributed by atoms with van der Waals surface area (Å²) in [6, 6.07) is 12.5. The lowest BCUT2D eigenvalue weighted by Gasteiger charge is -2.21. The van der Waals surface area contributed by atoms with Gasteiger partial charge in [0.2, 0.25) is 11.8 Å². The number of anilines is 1. The fourth-order valence-corrected chi connectivity index (χ4v) is 2.70. The van der Waals surface area contributed by atoms with Crippen LogP contribution in [0.25, 0.3) is 0 Å². The van der Waals surface area contributed by atoms with E-state index >= 15 is 0 Å². The molecule has 0 bridgehead atoms. The second-order valence-corrected chi connectivity index (χ2v) is 6.37. The first-order chi connectivity index (χ1) is 12.9. The van der Waals surface area contributed by atoms with Gasteiger partial charge in [-0.2, -0.15) is 0 Å². The zero-order valence-electron chi connectivity index (χ0n) is 15.6. The summed E-state index contributed by atoms with van der Waals surface area (Å²) in [4.78, 5) is 25.8. The predicted octanol–water partition coefficient (Wildman–Crippen LogP) is 3.73. The molecule has 0 heterocycles. The van der Waals surface area contributed by atoms with Gasteiger partial charge in [-0.3, -0.25) is 9.59 Å². The van der Waals surface area contributed by atoms with Gasteiger partial charge in [0.25, 0.3) is 0 Å². The molecule has 27 heavy (non-hydrogen) atoms. The van der Waals surface area contributed by atoms with E-state index in [9.17, 15) is 9.59 Å². The maximum atomic E-state index is 12.3. The summed E-state index contributed by atoms with van der Waals surface area (Å²) in [7, 11) is 3.12. The molecule has 0 aliphatic carbocycles. The number of nitrogens with zero attached hydrogens (tertiary/aromatic N) is 1. The molecule has 7 heteroatoms. The first-order valence-corrected chi connectivity index (χ1v) is 8.82. The van der Waals surface area contributed by atoms with E-state index in [1.54, 1.807) is 30.2 Å². The molecule has 2 aromatic carbocycles. The minimum absolute atomic E-state index is 0.0982. The molecule has 2 amide bonds. The number of halogens is 1. The van der Waals surface area contributed by atoms with Crippen LogP contribution in [0.4, 0.5) is 5.69 Å². The molecule has 2 rings (SSSR count). The van der Waals surface area contributed by atoms with Gasteiger partial charge in [0.1, 0.15) is 11.5 Å². The zero-order valence-corrected chi connectivity index (χ0v) is 16.4. The molecule has 0 spiro atoms. The lowest BCUT2D eigenvalue weighted by atomic mass is 10.2. The summed E-state index contributed by atoms with van der Waals surface area (Å²) in [5.41, 5.74) is 1.46. The van der Waals surface area contributed by atoms with Gasteiger partial charge in [0.05, 0.1) is 19.9 Å². The Kier molecular flexibility index (Phi) is 7.49. The summed E-state index contributed by atoms with van der Waals surface area (Å²) in [6.45, 7) is 2.21. The largest absolute Gasteiger partial charge is 0.497 e. The van der Waals surface area contributed by atoms with E-state index in [-0.39, 0.29) is 18.2 Å². The normalized spacial score (nSPS) is 10.2. The maximum Gasteiger partial charge on any atom is 0.226 e. The Morgan fingerprint density at radius 2 is 1.78 bits per heavy atom. The summed E-state index contributed by atoms with van der Waals surface area (Å²) < 4.78 is 10.3. The topological polar surface area (TPSA) is 67.9 Å². The highest BCUT2D eigenvalue weighted by Crippen LogP contribution is 2.27. The number of hydrogen-bond donors (Lipinski definition) is 1. The third kappa shape index (κ3) is 6.18. The van der Waals surface area contributed by atoms with Crippen LogP contribution in [0.15, 0.2) is 42.5 Å². The Bertz CT molecular complexity index is 793. The van der Waals surface area contributed by atoms with Crippen LogP contribution >= 0.6 is 11.6 Å². The quantitative estimate of drug-likeness (QED) is 0.745. The first kappa shape index (κ1) is 20.6. The molecule has 6 nitrogen and oxygen atoms in total. The summed E-state index contributed by atoms with van der Waals surface area (Å²) in [6.07, 6.45) is 0.158. The lowest BCUT2D eigenvalue weighted by molar-refractivity contribution is -0.129. The van der Waals surface area contributed by atoms with E-state index in [4.69, 9.17) is 21.1 Å². The number of benzene rings is 2. The highest BCUT2D eigenvalue weighted by Gasteiger charge is 2.14. The Balaban J connectivity index is 1.95. The zero-order chi connectivity index (χ0) is 19.8. The standard InChI is InChI=1S/C20H23ClN2O4/c1-14(24)23(13-15-4-7-17(26-2)8-5-15)11-10-20(25)22-18-12-16(21)6-9-19(18)27-3/h4-9,12H,10-11,13H2,1-3H3,(H,22,25). The van der Waals surface area contributed by atoms with Gasteiger partial charge in [0, 0.05) is 31.5 Å². The molecule has 0 aromatic heterocycles. The van der Waals surface area contributed by atoms with Crippen LogP contribution in [0.1, 0.15) is 18.9 Å². The van der Waals surface area contributed by atoms with E-state index in [1.807, 2.05) is 24.3 Å². The summed E-state index contributed by atoms with van der Waals surface area (Å²) in [5.74, 6) is 0.952. The van der Waals surface area contributed by atoms with Crippen LogP contribution < -0.4 is 14.8 Å². The van der Waals surface area contributed by atoms with Crippen molar-refractivity contribution in [3.8, 4) is 11.5 Å². The van der Waals surface area contributed by atoms with Crippen molar-refractivity contribution in [2.75, 3.05) is 26.1 Å². The highest BCUT2D eigenvalue weighted by molar-refractivity contribution is 6.31. The van der Waals surface area contributed by atoms with Crippen molar-refractivity contribution < 1.29 is 19.1 Å². The predicted molar refractivity (Wildman–Crippen MR) is 105 cm³/mol. The fourth-order valence-electron chi connectivity index (χ4n) is 2.53. The van der Waals surface area contributed by atoms with Crippen molar-refractivity contribution >= 4 is 29.1 Å². The second-order valence-electron chi connectivity index (χ2n) is 5.93. The molecule has 1 N–H and O–H groups in total. The van der Waals surface area contributed by atoms with Crippen molar-refractivity contribution in [2.24, 2.45) is 0 Å². The van der Waals surface area contributed by atoms with Crippen LogP contribution in [0, 0.1) is 0 Å². The van der Waals surface area contributed by atoms with Gasteiger partial charge < -0.3 is 19.7 Å². The minimum atomic E-state index is -0.225. The molecule has 0 radical (unpaired) electrons. The Morgan fingerprint density at radius 3 is 2.37 bits per heavy atom. The van der Waals surface area contributed by atoms with Crippen LogP contribution in [-0.4, -0.2) is 37.5 Å². The van der Waals surface area contributed by atoms with Crippen LogP contribution in [0.5, 0.6) is 11.5 Å². The Hall–Kier alpha value is -2.73. The van der Waals surface area contributed by atoms with Crippen molar-refractivity contribution in [2.45, 2.75) is 19.9 Å². The summed E-state index contributed by atoms with van der Waals surface area (Å²) >= 11 is 5.97. The van der Waals surface area contributed by atoms with Crippen molar-refractivity contribution in [3.05, 3.63) is 53.1 Å². The Labute approximate surface area is 164 Å². The maximum absolute atomic E-state index is 12.3. The van der Waals surface area contributed by atoms with Crippen LogP contribution in [0.3, 0.4) is 0 Å². The lowest BCUT2D eigenvalue weighted by Crippen LogP contribution is -2.31. The molecule has 2 aromatic rings. The van der Waals surface area contributed by atoms with Gasteiger partial charge in [-0.1, -0.05) is 23.7 Å². The number of rotatable bonds is 8. The molecule has 0 fully saturated rings. The first-order valence-electron chi connectivity index (χ1n) is 8.44. The number of carbonyl (C=O) groups is 2. The number of carbonyl (C=O) groups excluding carboxylic acids is 2.